The minimum atomic E-state index is -3.72. The summed E-state index contributed by atoms with van der Waals surface area (Å²) in [7, 11) is -3.72. The molecule has 3 rings (SSSR count). The summed E-state index contributed by atoms with van der Waals surface area (Å²) >= 11 is 0. The first-order chi connectivity index (χ1) is 15.9. The van der Waals surface area contributed by atoms with Crippen molar-refractivity contribution in [1.82, 2.24) is 9.62 Å². The predicted octanol–water partition coefficient (Wildman–Crippen LogP) is 3.18. The molecule has 2 aromatic rings. The van der Waals surface area contributed by atoms with Gasteiger partial charge in [0.2, 0.25) is 21.8 Å². The Morgan fingerprint density at radius 1 is 1.00 bits per heavy atom. The first kappa shape index (κ1) is 25.7. The highest BCUT2D eigenvalue weighted by molar-refractivity contribution is 7.89. The van der Waals surface area contributed by atoms with E-state index in [0.29, 0.717) is 17.2 Å². The number of piperidine rings is 1. The molecule has 2 N–H and O–H groups in total. The van der Waals surface area contributed by atoms with Crippen molar-refractivity contribution in [2.45, 2.75) is 38.5 Å². The van der Waals surface area contributed by atoms with Gasteiger partial charge in [0, 0.05) is 19.0 Å². The second-order valence-corrected chi connectivity index (χ2v) is 10.3. The van der Waals surface area contributed by atoms with Crippen LogP contribution in [0.25, 0.3) is 0 Å². The average molecular weight is 498 g/mol. The molecule has 2 aromatic carbocycles. The Labute approximate surface area is 196 Å². The summed E-state index contributed by atoms with van der Waals surface area (Å²) in [5.74, 6) is -6.39. The molecule has 1 saturated heterocycles. The molecule has 11 heteroatoms. The van der Waals surface area contributed by atoms with Gasteiger partial charge in [-0.2, -0.15) is 4.31 Å². The summed E-state index contributed by atoms with van der Waals surface area (Å²) in [4.78, 5) is 24.7. The highest BCUT2D eigenvalue weighted by atomic mass is 32.2. The van der Waals surface area contributed by atoms with Crippen LogP contribution in [-0.2, 0) is 19.6 Å². The van der Waals surface area contributed by atoms with Gasteiger partial charge in [-0.1, -0.05) is 17.7 Å². The number of anilines is 1. The summed E-state index contributed by atoms with van der Waals surface area (Å²) in [6.07, 6.45) is 0.545. The second-order valence-electron chi connectivity index (χ2n) is 8.40. The lowest BCUT2D eigenvalue weighted by molar-refractivity contribution is -0.128. The van der Waals surface area contributed by atoms with Gasteiger partial charge in [0.15, 0.2) is 17.5 Å². The van der Waals surface area contributed by atoms with Gasteiger partial charge in [0.05, 0.1) is 17.1 Å². The zero-order valence-corrected chi connectivity index (χ0v) is 19.9. The number of amides is 2. The predicted molar refractivity (Wildman–Crippen MR) is 120 cm³/mol. The Bertz CT molecular complexity index is 1200. The van der Waals surface area contributed by atoms with Gasteiger partial charge >= 0.3 is 0 Å². The van der Waals surface area contributed by atoms with Gasteiger partial charge in [0.1, 0.15) is 0 Å². The maximum Gasteiger partial charge on any atom is 0.243 e. The third-order valence-corrected chi connectivity index (χ3v) is 7.96. The van der Waals surface area contributed by atoms with E-state index in [0.717, 1.165) is 11.6 Å². The summed E-state index contributed by atoms with van der Waals surface area (Å²) in [6, 6.07) is 5.18. The van der Waals surface area contributed by atoms with Crippen LogP contribution in [-0.4, -0.2) is 44.2 Å². The van der Waals surface area contributed by atoms with Crippen molar-refractivity contribution in [3.8, 4) is 0 Å². The molecule has 0 spiro atoms. The molecule has 7 nitrogen and oxygen atoms in total. The molecule has 1 fully saturated rings. The third-order valence-electron chi connectivity index (χ3n) is 5.76. The molecule has 1 heterocycles. The van der Waals surface area contributed by atoms with Crippen LogP contribution in [0.1, 0.15) is 29.5 Å². The zero-order chi connectivity index (χ0) is 25.2. The van der Waals surface area contributed by atoms with Crippen molar-refractivity contribution in [2.75, 3.05) is 25.0 Å². The summed E-state index contributed by atoms with van der Waals surface area (Å²) < 4.78 is 67.6. The van der Waals surface area contributed by atoms with E-state index in [2.05, 4.69) is 10.6 Å². The van der Waals surface area contributed by atoms with E-state index in [1.807, 2.05) is 19.1 Å². The number of nitrogens with one attached hydrogen (secondary N) is 2. The third kappa shape index (κ3) is 5.41. The van der Waals surface area contributed by atoms with E-state index in [1.54, 1.807) is 13.8 Å². The highest BCUT2D eigenvalue weighted by Crippen LogP contribution is 2.29. The Hall–Kier alpha value is -2.92. The standard InChI is InChI=1S/C23H26F3N3O4S/c1-13-10-14(2)22(15(3)11-13)34(32,33)29-8-6-16(7-9-29)23(31)27-12-19(30)28-18-5-4-17(24)20(25)21(18)26/h4-5,10-11,16H,6-9,12H2,1-3H3,(H,27,31)(H,28,30). The lowest BCUT2D eigenvalue weighted by atomic mass is 9.97. The van der Waals surface area contributed by atoms with E-state index in [4.69, 9.17) is 0 Å². The van der Waals surface area contributed by atoms with Gasteiger partial charge < -0.3 is 10.6 Å². The lowest BCUT2D eigenvalue weighted by Crippen LogP contribution is -2.44. The maximum atomic E-state index is 13.7. The molecular weight excluding hydrogens is 471 g/mol. The van der Waals surface area contributed by atoms with Crippen LogP contribution in [0.2, 0.25) is 0 Å². The first-order valence-corrected chi connectivity index (χ1v) is 12.1. The van der Waals surface area contributed by atoms with Crippen LogP contribution in [0.3, 0.4) is 0 Å². The second kappa shape index (κ2) is 10.1. The number of sulfonamides is 1. The van der Waals surface area contributed by atoms with Crippen molar-refractivity contribution in [1.29, 1.82) is 0 Å². The number of hydrogen-bond acceptors (Lipinski definition) is 4. The Balaban J connectivity index is 1.55. The maximum absolute atomic E-state index is 13.7. The molecule has 0 aliphatic carbocycles. The minimum Gasteiger partial charge on any atom is -0.347 e. The molecule has 2 amide bonds. The molecule has 34 heavy (non-hydrogen) atoms. The molecule has 1 aliphatic rings. The summed E-state index contributed by atoms with van der Waals surface area (Å²) in [5.41, 5.74) is 1.76. The van der Waals surface area contributed by atoms with E-state index >= 15 is 0 Å². The van der Waals surface area contributed by atoms with Crippen LogP contribution in [0.4, 0.5) is 18.9 Å². The van der Waals surface area contributed by atoms with Gasteiger partial charge in [-0.25, -0.2) is 21.6 Å². The van der Waals surface area contributed by atoms with E-state index < -0.39 is 57.4 Å². The average Bonchev–Trinajstić information content (AvgIpc) is 2.77. The molecule has 0 atom stereocenters. The molecule has 1 aliphatic heterocycles. The number of halogens is 3. The Morgan fingerprint density at radius 3 is 2.18 bits per heavy atom. The molecule has 0 bridgehead atoms. The number of benzene rings is 2. The van der Waals surface area contributed by atoms with E-state index in [-0.39, 0.29) is 30.8 Å². The molecule has 0 unspecified atom stereocenters. The Morgan fingerprint density at radius 2 is 1.59 bits per heavy atom. The monoisotopic (exact) mass is 497 g/mol. The van der Waals surface area contributed by atoms with E-state index in [1.165, 1.54) is 4.31 Å². The van der Waals surface area contributed by atoms with Crippen molar-refractivity contribution in [2.24, 2.45) is 5.92 Å². The molecule has 0 aromatic heterocycles. The molecule has 0 saturated carbocycles. The van der Waals surface area contributed by atoms with Crippen LogP contribution in [0, 0.1) is 44.1 Å². The fourth-order valence-electron chi connectivity index (χ4n) is 4.19. The van der Waals surface area contributed by atoms with Crippen molar-refractivity contribution < 1.29 is 31.2 Å². The SMILES string of the molecule is Cc1cc(C)c(S(=O)(=O)N2CCC(C(=O)NCC(=O)Nc3ccc(F)c(F)c3F)CC2)c(C)c1. The van der Waals surface area contributed by atoms with Gasteiger partial charge in [0.25, 0.3) is 0 Å². The number of nitrogens with zero attached hydrogens (tertiary/aromatic N) is 1. The van der Waals surface area contributed by atoms with Gasteiger partial charge in [-0.05, 0) is 56.9 Å². The highest BCUT2D eigenvalue weighted by Gasteiger charge is 2.33. The van der Waals surface area contributed by atoms with Gasteiger partial charge in [-0.15, -0.1) is 0 Å². The van der Waals surface area contributed by atoms with E-state index in [9.17, 15) is 31.2 Å². The van der Waals surface area contributed by atoms with Crippen LogP contribution < -0.4 is 10.6 Å². The van der Waals surface area contributed by atoms with Crippen molar-refractivity contribution in [3.05, 3.63) is 58.4 Å². The van der Waals surface area contributed by atoms with Crippen molar-refractivity contribution in [3.63, 3.8) is 0 Å². The van der Waals surface area contributed by atoms with Crippen molar-refractivity contribution >= 4 is 27.5 Å². The summed E-state index contributed by atoms with van der Waals surface area (Å²) in [5, 5.41) is 4.49. The number of aryl methyl sites for hydroxylation is 3. The van der Waals surface area contributed by atoms with Crippen LogP contribution in [0.15, 0.2) is 29.2 Å². The normalized spacial score (nSPS) is 15.2. The number of rotatable bonds is 6. The number of hydrogen-bond donors (Lipinski definition) is 2. The van der Waals surface area contributed by atoms with Gasteiger partial charge in [-0.3, -0.25) is 9.59 Å². The lowest BCUT2D eigenvalue weighted by Gasteiger charge is -2.31. The fraction of sp³-hybridized carbons (Fsp3) is 0.391. The van der Waals surface area contributed by atoms with Crippen LogP contribution in [0.5, 0.6) is 0 Å². The first-order valence-electron chi connectivity index (χ1n) is 10.7. The fourth-order valence-corrected chi connectivity index (χ4v) is 6.07. The smallest absolute Gasteiger partial charge is 0.243 e. The van der Waals surface area contributed by atoms with Crippen LogP contribution >= 0.6 is 0 Å². The minimum absolute atomic E-state index is 0.152. The Kier molecular flexibility index (Phi) is 7.67. The number of carbonyl (C=O) groups is 2. The molecular formula is C23H26F3N3O4S. The topological polar surface area (TPSA) is 95.6 Å². The quantitative estimate of drug-likeness (QED) is 0.600. The number of carbonyl (C=O) groups excluding carboxylic acids is 2. The largest absolute Gasteiger partial charge is 0.347 e. The molecule has 0 radical (unpaired) electrons. The summed E-state index contributed by atoms with van der Waals surface area (Å²) in [6.45, 7) is 5.21. The zero-order valence-electron chi connectivity index (χ0n) is 19.0. The molecule has 184 valence electrons.